The normalized spacial score (nSPS) is 15.2. The number of hydrogen-bond donors (Lipinski definition) is 1. The highest BCUT2D eigenvalue weighted by atomic mass is 79.9. The smallest absolute Gasteiger partial charge is 0.294 e. The number of ether oxygens (including phenoxy) is 1. The van der Waals surface area contributed by atoms with E-state index in [1.165, 1.54) is 13.2 Å². The van der Waals surface area contributed by atoms with Crippen molar-refractivity contribution >= 4 is 68.1 Å². The molecule has 0 bridgehead atoms. The Hall–Kier alpha value is -2.29. The first-order chi connectivity index (χ1) is 13.4. The summed E-state index contributed by atoms with van der Waals surface area (Å²) < 4.78 is 5.91. The molecule has 0 saturated carbocycles. The van der Waals surface area contributed by atoms with Gasteiger partial charge in [-0.3, -0.25) is 19.3 Å². The fourth-order valence-corrected chi connectivity index (χ4v) is 3.99. The molecule has 3 amide bonds. The molecule has 0 aromatic heterocycles. The second-order valence-corrected chi connectivity index (χ2v) is 8.04. The molecule has 2 aromatic carbocycles. The van der Waals surface area contributed by atoms with E-state index in [-0.39, 0.29) is 11.4 Å². The van der Waals surface area contributed by atoms with Crippen LogP contribution in [0.1, 0.15) is 5.56 Å². The van der Waals surface area contributed by atoms with E-state index < -0.39 is 17.1 Å². The Morgan fingerprint density at radius 3 is 2.75 bits per heavy atom. The van der Waals surface area contributed by atoms with Crippen molar-refractivity contribution in [1.82, 2.24) is 4.90 Å². The molecule has 1 fully saturated rings. The lowest BCUT2D eigenvalue weighted by molar-refractivity contribution is -0.127. The van der Waals surface area contributed by atoms with Gasteiger partial charge in [0.15, 0.2) is 0 Å². The van der Waals surface area contributed by atoms with E-state index in [1.807, 2.05) is 24.3 Å². The van der Waals surface area contributed by atoms with Crippen LogP contribution in [0.4, 0.5) is 10.5 Å². The minimum Gasteiger partial charge on any atom is -0.495 e. The molecule has 1 heterocycles. The molecule has 1 saturated heterocycles. The molecule has 2 aromatic rings. The predicted molar refractivity (Wildman–Crippen MR) is 113 cm³/mol. The Bertz CT molecular complexity index is 996. The lowest BCUT2D eigenvalue weighted by atomic mass is 10.2. The highest BCUT2D eigenvalue weighted by molar-refractivity contribution is 9.10. The quantitative estimate of drug-likeness (QED) is 0.622. The Labute approximate surface area is 179 Å². The molecule has 1 N–H and O–H groups in total. The molecule has 9 heteroatoms. The summed E-state index contributed by atoms with van der Waals surface area (Å²) in [6, 6.07) is 12.1. The van der Waals surface area contributed by atoms with Gasteiger partial charge in [-0.05, 0) is 53.7 Å². The van der Waals surface area contributed by atoms with Crippen LogP contribution in [-0.4, -0.2) is 35.6 Å². The molecule has 3 rings (SSSR count). The van der Waals surface area contributed by atoms with E-state index in [0.29, 0.717) is 16.5 Å². The molecule has 1 aliphatic heterocycles. The molecule has 0 aliphatic carbocycles. The maximum absolute atomic E-state index is 12.5. The lowest BCUT2D eigenvalue weighted by Crippen LogP contribution is -2.36. The Morgan fingerprint density at radius 1 is 1.29 bits per heavy atom. The lowest BCUT2D eigenvalue weighted by Gasteiger charge is -2.13. The fourth-order valence-electron chi connectivity index (χ4n) is 2.47. The molecule has 28 heavy (non-hydrogen) atoms. The summed E-state index contributed by atoms with van der Waals surface area (Å²) in [7, 11) is 1.49. The van der Waals surface area contributed by atoms with Crippen molar-refractivity contribution in [3.8, 4) is 5.75 Å². The number of carbonyl (C=O) groups is 3. The van der Waals surface area contributed by atoms with Crippen molar-refractivity contribution in [2.75, 3.05) is 19.0 Å². The standard InChI is InChI=1S/C19H14BrClN2O4S/c1-27-15-6-5-13(9-14(15)21)22-17(24)10-23-18(25)16(28-19(23)26)8-11-3-2-4-12(20)7-11/h2-9H,10H2,1H3,(H,22,24)/b16-8+. The number of nitrogens with one attached hydrogen (secondary N) is 1. The first-order valence-electron chi connectivity index (χ1n) is 8.01. The van der Waals surface area contributed by atoms with E-state index in [9.17, 15) is 14.4 Å². The Morgan fingerprint density at radius 2 is 2.07 bits per heavy atom. The van der Waals surface area contributed by atoms with Crippen LogP contribution in [0.5, 0.6) is 5.75 Å². The topological polar surface area (TPSA) is 75.7 Å². The number of nitrogens with zero attached hydrogens (tertiary/aromatic N) is 1. The number of imide groups is 1. The van der Waals surface area contributed by atoms with Crippen molar-refractivity contribution in [3.05, 3.63) is 62.4 Å². The van der Waals surface area contributed by atoms with E-state index in [2.05, 4.69) is 21.2 Å². The summed E-state index contributed by atoms with van der Waals surface area (Å²) in [5, 5.41) is 2.46. The molecule has 1 aliphatic rings. The van der Waals surface area contributed by atoms with Crippen LogP contribution in [0.15, 0.2) is 51.8 Å². The van der Waals surface area contributed by atoms with Crippen molar-refractivity contribution in [1.29, 1.82) is 0 Å². The number of amides is 3. The summed E-state index contributed by atoms with van der Waals surface area (Å²) in [5.41, 5.74) is 1.21. The van der Waals surface area contributed by atoms with E-state index >= 15 is 0 Å². The Balaban J connectivity index is 1.68. The fraction of sp³-hybridized carbons (Fsp3) is 0.105. The van der Waals surface area contributed by atoms with Gasteiger partial charge in [-0.1, -0.05) is 39.7 Å². The van der Waals surface area contributed by atoms with Gasteiger partial charge < -0.3 is 10.1 Å². The Kier molecular flexibility index (Phi) is 6.43. The highest BCUT2D eigenvalue weighted by Crippen LogP contribution is 2.32. The van der Waals surface area contributed by atoms with Gasteiger partial charge >= 0.3 is 0 Å². The van der Waals surface area contributed by atoms with Gasteiger partial charge in [0.25, 0.3) is 11.1 Å². The number of halogens is 2. The minimum absolute atomic E-state index is 0.267. The van der Waals surface area contributed by atoms with Gasteiger partial charge in [-0.15, -0.1) is 0 Å². The first kappa shape index (κ1) is 20.4. The zero-order valence-electron chi connectivity index (χ0n) is 14.6. The maximum Gasteiger partial charge on any atom is 0.294 e. The molecule has 6 nitrogen and oxygen atoms in total. The number of thioether (sulfide) groups is 1. The minimum atomic E-state index is -0.507. The number of carbonyl (C=O) groups excluding carboxylic acids is 3. The van der Waals surface area contributed by atoms with Crippen molar-refractivity contribution in [2.24, 2.45) is 0 Å². The summed E-state index contributed by atoms with van der Waals surface area (Å²) >= 11 is 10.2. The largest absolute Gasteiger partial charge is 0.495 e. The van der Waals surface area contributed by atoms with Gasteiger partial charge in [0.05, 0.1) is 17.0 Å². The second-order valence-electron chi connectivity index (χ2n) is 5.72. The third-order valence-electron chi connectivity index (χ3n) is 3.76. The number of hydrogen-bond acceptors (Lipinski definition) is 5. The zero-order valence-corrected chi connectivity index (χ0v) is 17.7. The molecular formula is C19H14BrClN2O4S. The number of benzene rings is 2. The van der Waals surface area contributed by atoms with Crippen molar-refractivity contribution < 1.29 is 19.1 Å². The van der Waals surface area contributed by atoms with Gasteiger partial charge in [-0.25, -0.2) is 0 Å². The third-order valence-corrected chi connectivity index (χ3v) is 5.45. The predicted octanol–water partition coefficient (Wildman–Crippen LogP) is 4.79. The molecule has 0 spiro atoms. The van der Waals surface area contributed by atoms with Crippen LogP contribution in [0, 0.1) is 0 Å². The van der Waals surface area contributed by atoms with Crippen LogP contribution >= 0.6 is 39.3 Å². The monoisotopic (exact) mass is 480 g/mol. The summed E-state index contributed by atoms with van der Waals surface area (Å²) in [6.07, 6.45) is 1.62. The molecule has 0 atom stereocenters. The van der Waals surface area contributed by atoms with Gasteiger partial charge in [-0.2, -0.15) is 0 Å². The van der Waals surface area contributed by atoms with Crippen LogP contribution in [0.2, 0.25) is 5.02 Å². The molecule has 0 unspecified atom stereocenters. The SMILES string of the molecule is COc1ccc(NC(=O)CN2C(=O)S/C(=C/c3cccc(Br)c3)C2=O)cc1Cl. The first-order valence-corrected chi connectivity index (χ1v) is 10.0. The second kappa shape index (κ2) is 8.81. The third kappa shape index (κ3) is 4.76. The average Bonchev–Trinajstić information content (AvgIpc) is 2.89. The van der Waals surface area contributed by atoms with Gasteiger partial charge in [0.2, 0.25) is 5.91 Å². The van der Waals surface area contributed by atoms with Crippen LogP contribution in [0.3, 0.4) is 0 Å². The van der Waals surface area contributed by atoms with Crippen LogP contribution in [-0.2, 0) is 9.59 Å². The number of anilines is 1. The molecule has 0 radical (unpaired) electrons. The zero-order chi connectivity index (χ0) is 20.3. The van der Waals surface area contributed by atoms with E-state index in [0.717, 1.165) is 26.7 Å². The summed E-state index contributed by atoms with van der Waals surface area (Å²) in [5.74, 6) is -0.534. The van der Waals surface area contributed by atoms with Crippen molar-refractivity contribution in [3.63, 3.8) is 0 Å². The number of rotatable bonds is 5. The van der Waals surface area contributed by atoms with Gasteiger partial charge in [0.1, 0.15) is 12.3 Å². The van der Waals surface area contributed by atoms with Crippen LogP contribution in [0.25, 0.3) is 6.08 Å². The van der Waals surface area contributed by atoms with E-state index in [4.69, 9.17) is 16.3 Å². The van der Waals surface area contributed by atoms with E-state index in [1.54, 1.807) is 18.2 Å². The number of methoxy groups -OCH3 is 1. The molecule has 144 valence electrons. The average molecular weight is 482 g/mol. The summed E-state index contributed by atoms with van der Waals surface area (Å²) in [6.45, 7) is -0.385. The van der Waals surface area contributed by atoms with Gasteiger partial charge in [0, 0.05) is 10.2 Å². The highest BCUT2D eigenvalue weighted by Gasteiger charge is 2.36. The summed E-state index contributed by atoms with van der Waals surface area (Å²) in [4.78, 5) is 38.1. The molecular weight excluding hydrogens is 468 g/mol. The van der Waals surface area contributed by atoms with Crippen LogP contribution < -0.4 is 10.1 Å². The van der Waals surface area contributed by atoms with Crippen molar-refractivity contribution in [2.45, 2.75) is 0 Å². The maximum atomic E-state index is 12.5.